The van der Waals surface area contributed by atoms with Gasteiger partial charge in [0.15, 0.2) is 0 Å². The fourth-order valence-corrected chi connectivity index (χ4v) is 1.37. The molecule has 0 aromatic rings. The van der Waals surface area contributed by atoms with Gasteiger partial charge in [-0.1, -0.05) is 23.8 Å². The highest BCUT2D eigenvalue weighted by atomic mass is 14.9. The summed E-state index contributed by atoms with van der Waals surface area (Å²) in [6, 6.07) is 0. The third kappa shape index (κ3) is 3.53. The summed E-state index contributed by atoms with van der Waals surface area (Å²) in [5.74, 6) is 0.447. The molecule has 0 aliphatic heterocycles. The van der Waals surface area contributed by atoms with Crippen LogP contribution in [0.5, 0.6) is 0 Å². The number of nitrogens with two attached hydrogens (primary N) is 2. The Morgan fingerprint density at radius 1 is 1.57 bits per heavy atom. The molecule has 1 atom stereocenters. The van der Waals surface area contributed by atoms with Crippen molar-refractivity contribution in [1.82, 2.24) is 0 Å². The summed E-state index contributed by atoms with van der Waals surface area (Å²) < 4.78 is 0. The number of nitrogens with zero attached hydrogens (tertiary/aromatic N) is 2. The highest BCUT2D eigenvalue weighted by Gasteiger charge is 2.08. The molecule has 1 aliphatic carbocycles. The van der Waals surface area contributed by atoms with Crippen LogP contribution in [0.2, 0.25) is 0 Å². The minimum atomic E-state index is 0.447. The predicted octanol–water partition coefficient (Wildman–Crippen LogP) is 0.463. The van der Waals surface area contributed by atoms with Crippen LogP contribution >= 0.6 is 0 Å². The molecule has 0 fully saturated rings. The summed E-state index contributed by atoms with van der Waals surface area (Å²) in [5.41, 5.74) is 11.9. The Morgan fingerprint density at radius 2 is 2.43 bits per heavy atom. The van der Waals surface area contributed by atoms with Crippen LogP contribution in [0.25, 0.3) is 0 Å². The highest BCUT2D eigenvalue weighted by Crippen LogP contribution is 2.17. The zero-order valence-electron chi connectivity index (χ0n) is 8.13. The summed E-state index contributed by atoms with van der Waals surface area (Å²) in [5, 5.41) is 0. The van der Waals surface area contributed by atoms with E-state index in [1.165, 1.54) is 18.3 Å². The maximum atomic E-state index is 5.56. The van der Waals surface area contributed by atoms with Gasteiger partial charge in [0.2, 0.25) is 0 Å². The molecule has 0 spiro atoms. The summed E-state index contributed by atoms with van der Waals surface area (Å²) in [7, 11) is 0. The second kappa shape index (κ2) is 6.10. The Bertz CT molecular complexity index is 276. The van der Waals surface area contributed by atoms with Gasteiger partial charge in [-0.2, -0.15) is 0 Å². The number of rotatable bonds is 4. The van der Waals surface area contributed by atoms with Crippen LogP contribution in [-0.2, 0) is 0 Å². The van der Waals surface area contributed by atoms with E-state index in [4.69, 9.17) is 11.5 Å². The quantitative estimate of drug-likeness (QED) is 0.501. The van der Waals surface area contributed by atoms with Crippen LogP contribution in [0.3, 0.4) is 0 Å². The molecule has 1 rings (SSSR count). The summed E-state index contributed by atoms with van der Waals surface area (Å²) in [6.07, 6.45) is 9.95. The molecule has 0 heterocycles. The third-order valence-electron chi connectivity index (χ3n) is 2.08. The molecule has 4 N–H and O–H groups in total. The van der Waals surface area contributed by atoms with E-state index >= 15 is 0 Å². The standard InChI is InChI=1S/C10H16N4/c11-5-9-2-1-3-10(4-9)6-13-8-14-7-12/h1-3,7-8,10H,4-6,11H2,(H2,12,13,14). The molecule has 76 valence electrons. The Hall–Kier alpha value is -1.42. The second-order valence-electron chi connectivity index (χ2n) is 3.16. The van der Waals surface area contributed by atoms with Crippen molar-refractivity contribution in [3.05, 3.63) is 23.8 Å². The van der Waals surface area contributed by atoms with Crippen molar-refractivity contribution in [3.8, 4) is 0 Å². The summed E-state index contributed by atoms with van der Waals surface area (Å²) in [6.45, 7) is 1.37. The SMILES string of the molecule is NC=NC=NCC1C=CC=C(CN)C1. The number of allylic oxidation sites excluding steroid dienone is 2. The van der Waals surface area contributed by atoms with Crippen molar-refractivity contribution in [2.75, 3.05) is 13.1 Å². The maximum absolute atomic E-state index is 5.56. The Morgan fingerprint density at radius 3 is 3.14 bits per heavy atom. The van der Waals surface area contributed by atoms with Crippen molar-refractivity contribution >= 4 is 12.7 Å². The molecule has 14 heavy (non-hydrogen) atoms. The van der Waals surface area contributed by atoms with E-state index in [0.29, 0.717) is 12.5 Å². The highest BCUT2D eigenvalue weighted by molar-refractivity contribution is 5.69. The smallest absolute Gasteiger partial charge is 0.111 e. The second-order valence-corrected chi connectivity index (χ2v) is 3.16. The van der Waals surface area contributed by atoms with Gasteiger partial charge in [-0.15, -0.1) is 0 Å². The van der Waals surface area contributed by atoms with E-state index in [-0.39, 0.29) is 0 Å². The molecule has 1 unspecified atom stereocenters. The van der Waals surface area contributed by atoms with Gasteiger partial charge in [0.05, 0.1) is 6.34 Å². The molecular formula is C10H16N4. The van der Waals surface area contributed by atoms with Gasteiger partial charge in [-0.25, -0.2) is 4.99 Å². The van der Waals surface area contributed by atoms with Gasteiger partial charge in [-0.3, -0.25) is 4.99 Å². The molecule has 0 saturated heterocycles. The van der Waals surface area contributed by atoms with Crippen molar-refractivity contribution < 1.29 is 0 Å². The monoisotopic (exact) mass is 192 g/mol. The van der Waals surface area contributed by atoms with Gasteiger partial charge >= 0.3 is 0 Å². The fraction of sp³-hybridized carbons (Fsp3) is 0.400. The predicted molar refractivity (Wildman–Crippen MR) is 60.4 cm³/mol. The lowest BCUT2D eigenvalue weighted by molar-refractivity contribution is 0.643. The van der Waals surface area contributed by atoms with Crippen LogP contribution in [0, 0.1) is 5.92 Å². The first-order chi connectivity index (χ1) is 6.86. The molecule has 0 saturated carbocycles. The maximum Gasteiger partial charge on any atom is 0.111 e. The van der Waals surface area contributed by atoms with Gasteiger partial charge in [0.1, 0.15) is 6.34 Å². The Kier molecular flexibility index (Phi) is 4.64. The van der Waals surface area contributed by atoms with Gasteiger partial charge < -0.3 is 11.5 Å². The van der Waals surface area contributed by atoms with Gasteiger partial charge in [-0.05, 0) is 6.42 Å². The van der Waals surface area contributed by atoms with Crippen LogP contribution in [-0.4, -0.2) is 25.8 Å². The minimum Gasteiger partial charge on any atom is -0.390 e. The van der Waals surface area contributed by atoms with Crippen LogP contribution < -0.4 is 11.5 Å². The lowest BCUT2D eigenvalue weighted by atomic mass is 9.94. The molecule has 0 aromatic carbocycles. The zero-order valence-corrected chi connectivity index (χ0v) is 8.13. The van der Waals surface area contributed by atoms with Gasteiger partial charge in [0, 0.05) is 19.0 Å². The normalized spacial score (nSPS) is 22.1. The third-order valence-corrected chi connectivity index (χ3v) is 2.08. The first-order valence-corrected chi connectivity index (χ1v) is 4.64. The summed E-state index contributed by atoms with van der Waals surface area (Å²) >= 11 is 0. The first-order valence-electron chi connectivity index (χ1n) is 4.64. The largest absolute Gasteiger partial charge is 0.390 e. The topological polar surface area (TPSA) is 76.8 Å². The molecule has 4 heteroatoms. The average Bonchev–Trinajstić information content (AvgIpc) is 2.25. The van der Waals surface area contributed by atoms with E-state index in [2.05, 4.69) is 22.1 Å². The van der Waals surface area contributed by atoms with Crippen molar-refractivity contribution in [1.29, 1.82) is 0 Å². The summed E-state index contributed by atoms with van der Waals surface area (Å²) in [4.78, 5) is 7.82. The van der Waals surface area contributed by atoms with E-state index in [0.717, 1.165) is 13.0 Å². The van der Waals surface area contributed by atoms with Gasteiger partial charge in [0.25, 0.3) is 0 Å². The van der Waals surface area contributed by atoms with Crippen LogP contribution in [0.4, 0.5) is 0 Å². The van der Waals surface area contributed by atoms with E-state index < -0.39 is 0 Å². The van der Waals surface area contributed by atoms with Crippen molar-refractivity contribution in [3.63, 3.8) is 0 Å². The molecular weight excluding hydrogens is 176 g/mol. The Labute approximate surface area is 84.1 Å². The molecule has 4 nitrogen and oxygen atoms in total. The molecule has 1 aliphatic rings. The lowest BCUT2D eigenvalue weighted by Crippen LogP contribution is -2.12. The Balaban J connectivity index is 2.35. The van der Waals surface area contributed by atoms with E-state index in [1.807, 2.05) is 6.08 Å². The van der Waals surface area contributed by atoms with E-state index in [1.54, 1.807) is 0 Å². The molecule has 0 radical (unpaired) electrons. The fourth-order valence-electron chi connectivity index (χ4n) is 1.37. The van der Waals surface area contributed by atoms with E-state index in [9.17, 15) is 0 Å². The van der Waals surface area contributed by atoms with Crippen LogP contribution in [0.15, 0.2) is 33.8 Å². The van der Waals surface area contributed by atoms with Crippen molar-refractivity contribution in [2.24, 2.45) is 27.4 Å². The zero-order chi connectivity index (χ0) is 10.2. The lowest BCUT2D eigenvalue weighted by Gasteiger charge is -2.14. The van der Waals surface area contributed by atoms with Crippen molar-refractivity contribution in [2.45, 2.75) is 6.42 Å². The molecule has 0 bridgehead atoms. The molecule has 0 amide bonds. The average molecular weight is 192 g/mol. The minimum absolute atomic E-state index is 0.447. The number of aliphatic imine (C=N–C) groups is 2. The first kappa shape index (κ1) is 10.7. The number of hydrogen-bond donors (Lipinski definition) is 2. The number of hydrogen-bond acceptors (Lipinski definition) is 2. The van der Waals surface area contributed by atoms with Crippen LogP contribution in [0.1, 0.15) is 6.42 Å². The molecule has 0 aromatic heterocycles.